The molecule has 178 valence electrons. The Morgan fingerprint density at radius 2 is 1.79 bits per heavy atom. The predicted octanol–water partition coefficient (Wildman–Crippen LogP) is 3.23. The van der Waals surface area contributed by atoms with E-state index >= 15 is 0 Å². The highest BCUT2D eigenvalue weighted by atomic mass is 19.3. The SMILES string of the molecule is Cn1c(=O)n(CCCO)c(=O)c2c1nc(Oc1cccc(C(C)(F)F)c1)n2Cc1ccccc1. The van der Waals surface area contributed by atoms with Crippen molar-refractivity contribution >= 4 is 11.2 Å². The van der Waals surface area contributed by atoms with Crippen molar-refractivity contribution in [2.45, 2.75) is 32.4 Å². The summed E-state index contributed by atoms with van der Waals surface area (Å²) in [4.78, 5) is 30.5. The molecule has 0 aliphatic rings. The number of fused-ring (bicyclic) bond motifs is 1. The summed E-state index contributed by atoms with van der Waals surface area (Å²) in [5, 5.41) is 9.17. The molecule has 0 bridgehead atoms. The van der Waals surface area contributed by atoms with Crippen molar-refractivity contribution < 1.29 is 18.6 Å². The monoisotopic (exact) mass is 470 g/mol. The molecular formula is C24H24F2N4O4. The minimum atomic E-state index is -3.06. The molecule has 0 atom stereocenters. The Hall–Kier alpha value is -3.79. The average Bonchev–Trinajstić information content (AvgIpc) is 3.16. The van der Waals surface area contributed by atoms with E-state index in [1.54, 1.807) is 0 Å². The summed E-state index contributed by atoms with van der Waals surface area (Å²) in [6, 6.07) is 14.7. The fourth-order valence-electron chi connectivity index (χ4n) is 3.71. The Bertz CT molecular complexity index is 1440. The minimum absolute atomic E-state index is 0.0116. The Labute approximate surface area is 193 Å². The lowest BCUT2D eigenvalue weighted by Crippen LogP contribution is -2.39. The number of hydrogen-bond acceptors (Lipinski definition) is 5. The summed E-state index contributed by atoms with van der Waals surface area (Å²) in [6.07, 6.45) is 0.231. The van der Waals surface area contributed by atoms with Gasteiger partial charge < -0.3 is 9.84 Å². The van der Waals surface area contributed by atoms with Crippen molar-refractivity contribution in [1.29, 1.82) is 0 Å². The second-order valence-electron chi connectivity index (χ2n) is 8.03. The van der Waals surface area contributed by atoms with Crippen molar-refractivity contribution in [2.24, 2.45) is 7.05 Å². The number of nitrogens with zero attached hydrogens (tertiary/aromatic N) is 4. The summed E-state index contributed by atoms with van der Waals surface area (Å²) >= 11 is 0. The zero-order valence-corrected chi connectivity index (χ0v) is 18.7. The minimum Gasteiger partial charge on any atom is -0.425 e. The highest BCUT2D eigenvalue weighted by molar-refractivity contribution is 5.72. The van der Waals surface area contributed by atoms with Gasteiger partial charge in [-0.25, -0.2) is 13.6 Å². The number of ether oxygens (including phenoxy) is 1. The fraction of sp³-hybridized carbons (Fsp3) is 0.292. The Morgan fingerprint density at radius 1 is 1.06 bits per heavy atom. The van der Waals surface area contributed by atoms with Crippen LogP contribution in [-0.4, -0.2) is 30.4 Å². The predicted molar refractivity (Wildman–Crippen MR) is 123 cm³/mol. The normalized spacial score (nSPS) is 11.8. The Balaban J connectivity index is 1.91. The molecule has 0 aliphatic heterocycles. The van der Waals surface area contributed by atoms with Crippen molar-refractivity contribution in [2.75, 3.05) is 6.61 Å². The second-order valence-corrected chi connectivity index (χ2v) is 8.03. The van der Waals surface area contributed by atoms with Crippen LogP contribution in [-0.2, 0) is 26.1 Å². The van der Waals surface area contributed by atoms with Crippen LogP contribution in [0, 0.1) is 0 Å². The van der Waals surface area contributed by atoms with Gasteiger partial charge in [0.1, 0.15) is 5.75 Å². The van der Waals surface area contributed by atoms with Gasteiger partial charge in [0.15, 0.2) is 11.2 Å². The van der Waals surface area contributed by atoms with E-state index in [1.165, 1.54) is 40.4 Å². The van der Waals surface area contributed by atoms with E-state index in [-0.39, 0.29) is 54.6 Å². The van der Waals surface area contributed by atoms with Crippen LogP contribution in [0.25, 0.3) is 11.2 Å². The van der Waals surface area contributed by atoms with Gasteiger partial charge in [0, 0.05) is 32.7 Å². The molecule has 0 saturated heterocycles. The molecule has 0 aliphatic carbocycles. The molecule has 0 fully saturated rings. The van der Waals surface area contributed by atoms with Crippen LogP contribution in [0.15, 0.2) is 64.2 Å². The zero-order valence-electron chi connectivity index (χ0n) is 18.7. The molecule has 0 unspecified atom stereocenters. The van der Waals surface area contributed by atoms with E-state index in [0.717, 1.165) is 17.1 Å². The first-order chi connectivity index (χ1) is 16.2. The third-order valence-corrected chi connectivity index (χ3v) is 5.47. The number of aryl methyl sites for hydroxylation is 1. The Morgan fingerprint density at radius 3 is 2.47 bits per heavy atom. The van der Waals surface area contributed by atoms with Crippen molar-refractivity contribution in [3.8, 4) is 11.8 Å². The van der Waals surface area contributed by atoms with E-state index in [0.29, 0.717) is 0 Å². The molecule has 2 aromatic heterocycles. The highest BCUT2D eigenvalue weighted by Crippen LogP contribution is 2.31. The summed E-state index contributed by atoms with van der Waals surface area (Å²) in [7, 11) is 1.49. The summed E-state index contributed by atoms with van der Waals surface area (Å²) < 4.78 is 37.4. The number of rotatable bonds is 8. The number of aromatic nitrogens is 4. The first-order valence-corrected chi connectivity index (χ1v) is 10.7. The molecule has 0 radical (unpaired) electrons. The average molecular weight is 470 g/mol. The summed E-state index contributed by atoms with van der Waals surface area (Å²) in [5.41, 5.74) is -0.285. The molecule has 2 aromatic carbocycles. The second kappa shape index (κ2) is 9.22. The van der Waals surface area contributed by atoms with Crippen LogP contribution in [0.2, 0.25) is 0 Å². The number of hydrogen-bond donors (Lipinski definition) is 1. The quantitative estimate of drug-likeness (QED) is 0.427. The lowest BCUT2D eigenvalue weighted by Gasteiger charge is -2.13. The van der Waals surface area contributed by atoms with Crippen LogP contribution in [0.1, 0.15) is 24.5 Å². The van der Waals surface area contributed by atoms with Crippen LogP contribution >= 0.6 is 0 Å². The van der Waals surface area contributed by atoms with Gasteiger partial charge in [-0.2, -0.15) is 4.98 Å². The largest absolute Gasteiger partial charge is 0.425 e. The van der Waals surface area contributed by atoms with Gasteiger partial charge in [0.25, 0.3) is 11.5 Å². The van der Waals surface area contributed by atoms with Crippen LogP contribution < -0.4 is 16.0 Å². The number of alkyl halides is 2. The van der Waals surface area contributed by atoms with Gasteiger partial charge in [-0.15, -0.1) is 0 Å². The molecule has 4 aromatic rings. The number of halogens is 2. The van der Waals surface area contributed by atoms with E-state index in [9.17, 15) is 23.5 Å². The number of benzene rings is 2. The number of imidazole rings is 1. The van der Waals surface area contributed by atoms with E-state index in [1.807, 2.05) is 30.3 Å². The van der Waals surface area contributed by atoms with E-state index in [2.05, 4.69) is 4.98 Å². The number of aliphatic hydroxyl groups is 1. The van der Waals surface area contributed by atoms with Crippen molar-refractivity contribution in [3.05, 3.63) is 86.6 Å². The molecule has 34 heavy (non-hydrogen) atoms. The molecule has 2 heterocycles. The van der Waals surface area contributed by atoms with Crippen LogP contribution in [0.3, 0.4) is 0 Å². The molecule has 8 nitrogen and oxygen atoms in total. The van der Waals surface area contributed by atoms with Crippen LogP contribution in [0.4, 0.5) is 8.78 Å². The van der Waals surface area contributed by atoms with E-state index in [4.69, 9.17) is 4.74 Å². The molecule has 0 spiro atoms. The highest BCUT2D eigenvalue weighted by Gasteiger charge is 2.26. The topological polar surface area (TPSA) is 91.3 Å². The lowest BCUT2D eigenvalue weighted by molar-refractivity contribution is 0.0173. The maximum absolute atomic E-state index is 13.8. The fourth-order valence-corrected chi connectivity index (χ4v) is 3.71. The summed E-state index contributed by atoms with van der Waals surface area (Å²) in [6.45, 7) is 0.854. The molecule has 0 amide bonds. The third kappa shape index (κ3) is 4.49. The maximum Gasteiger partial charge on any atom is 0.332 e. The molecule has 1 N–H and O–H groups in total. The van der Waals surface area contributed by atoms with Gasteiger partial charge in [-0.3, -0.25) is 18.5 Å². The maximum atomic E-state index is 13.8. The zero-order chi connectivity index (χ0) is 24.5. The van der Waals surface area contributed by atoms with Gasteiger partial charge in [-0.1, -0.05) is 42.5 Å². The standard InChI is InChI=1S/C24H24F2N4O4/c1-24(25,26)17-10-6-11-18(14-17)34-22-27-20-19(30(22)15-16-8-4-3-5-9-16)21(32)29(12-7-13-31)23(33)28(20)2/h3-6,8-11,14,31H,7,12-13,15H2,1-2H3. The molecular weight excluding hydrogens is 446 g/mol. The van der Waals surface area contributed by atoms with Gasteiger partial charge in [-0.05, 0) is 24.1 Å². The summed E-state index contributed by atoms with van der Waals surface area (Å²) in [5.74, 6) is -2.94. The van der Waals surface area contributed by atoms with Gasteiger partial charge in [0.05, 0.1) is 6.54 Å². The van der Waals surface area contributed by atoms with Crippen molar-refractivity contribution in [3.63, 3.8) is 0 Å². The number of aliphatic hydroxyl groups excluding tert-OH is 1. The van der Waals surface area contributed by atoms with Crippen LogP contribution in [0.5, 0.6) is 11.8 Å². The first kappa shape index (κ1) is 23.4. The molecule has 0 saturated carbocycles. The lowest BCUT2D eigenvalue weighted by atomic mass is 10.1. The van der Waals surface area contributed by atoms with Gasteiger partial charge in [0.2, 0.25) is 0 Å². The molecule has 4 rings (SSSR count). The smallest absolute Gasteiger partial charge is 0.332 e. The first-order valence-electron chi connectivity index (χ1n) is 10.7. The van der Waals surface area contributed by atoms with Crippen molar-refractivity contribution in [1.82, 2.24) is 18.7 Å². The Kier molecular flexibility index (Phi) is 6.34. The molecule has 10 heteroatoms. The third-order valence-electron chi connectivity index (χ3n) is 5.47. The van der Waals surface area contributed by atoms with Gasteiger partial charge >= 0.3 is 11.7 Å². The van der Waals surface area contributed by atoms with E-state index < -0.39 is 17.2 Å².